The molecule has 1 N–H and O–H groups in total. The zero-order valence-corrected chi connectivity index (χ0v) is 11.9. The maximum atomic E-state index is 13.3. The quantitative estimate of drug-likeness (QED) is 0.822. The molecule has 106 valence electrons. The van der Waals surface area contributed by atoms with Crippen LogP contribution in [-0.4, -0.2) is 17.1 Å². The van der Waals surface area contributed by atoms with Crippen molar-refractivity contribution in [1.29, 1.82) is 0 Å². The fourth-order valence-corrected chi connectivity index (χ4v) is 2.15. The van der Waals surface area contributed by atoms with Crippen LogP contribution in [0.5, 0.6) is 5.88 Å². The lowest BCUT2D eigenvalue weighted by atomic mass is 10.1. The van der Waals surface area contributed by atoms with Gasteiger partial charge in [-0.25, -0.2) is 9.37 Å². The first-order valence-corrected chi connectivity index (χ1v) is 7.09. The fourth-order valence-electron chi connectivity index (χ4n) is 2.15. The van der Waals surface area contributed by atoms with E-state index in [2.05, 4.69) is 24.1 Å². The molecule has 19 heavy (non-hydrogen) atoms. The monoisotopic (exact) mass is 266 g/mol. The molecule has 1 aliphatic carbocycles. The van der Waals surface area contributed by atoms with E-state index in [0.717, 1.165) is 12.0 Å². The van der Waals surface area contributed by atoms with Crippen LogP contribution in [0.4, 0.5) is 4.39 Å². The minimum Gasteiger partial charge on any atom is -0.474 e. The van der Waals surface area contributed by atoms with Gasteiger partial charge in [-0.05, 0) is 38.2 Å². The number of aromatic nitrogens is 1. The molecule has 1 unspecified atom stereocenters. The van der Waals surface area contributed by atoms with Gasteiger partial charge in [0.15, 0.2) is 0 Å². The van der Waals surface area contributed by atoms with Gasteiger partial charge in [-0.1, -0.05) is 13.8 Å². The zero-order valence-electron chi connectivity index (χ0n) is 11.9. The molecule has 4 heteroatoms. The summed E-state index contributed by atoms with van der Waals surface area (Å²) < 4.78 is 19.1. The maximum Gasteiger partial charge on any atom is 0.218 e. The molecule has 0 saturated heterocycles. The lowest BCUT2D eigenvalue weighted by molar-refractivity contribution is 0.183. The van der Waals surface area contributed by atoms with Crippen LogP contribution in [-0.2, 0) is 6.54 Å². The van der Waals surface area contributed by atoms with E-state index in [-0.39, 0.29) is 11.9 Å². The summed E-state index contributed by atoms with van der Waals surface area (Å²) in [5.41, 5.74) is 0.808. The minimum atomic E-state index is -0.309. The average molecular weight is 266 g/mol. The molecule has 0 aromatic carbocycles. The van der Waals surface area contributed by atoms with Crippen molar-refractivity contribution in [2.24, 2.45) is 5.92 Å². The Kier molecular flexibility index (Phi) is 4.75. The Morgan fingerprint density at radius 2 is 2.16 bits per heavy atom. The molecule has 1 atom stereocenters. The van der Waals surface area contributed by atoms with Gasteiger partial charge in [0.05, 0.1) is 12.3 Å². The van der Waals surface area contributed by atoms with Crippen molar-refractivity contribution in [3.8, 4) is 5.88 Å². The molecule has 0 amide bonds. The summed E-state index contributed by atoms with van der Waals surface area (Å²) in [6.45, 7) is 6.98. The van der Waals surface area contributed by atoms with Crippen LogP contribution in [0, 0.1) is 11.7 Å². The fraction of sp³-hybridized carbons (Fsp3) is 0.667. The normalized spacial score (nSPS) is 16.7. The number of nitrogens with zero attached hydrogens (tertiary/aromatic N) is 1. The molecular formula is C15H23FN2O. The predicted octanol–water partition coefficient (Wildman–Crippen LogP) is 3.29. The third-order valence-electron chi connectivity index (χ3n) is 3.17. The van der Waals surface area contributed by atoms with E-state index in [1.165, 1.54) is 25.1 Å². The SMILES string of the molecule is CC(C)CC(C)Oc1ncc(F)cc1CNC1CC1. The van der Waals surface area contributed by atoms with E-state index >= 15 is 0 Å². The van der Waals surface area contributed by atoms with Crippen LogP contribution >= 0.6 is 0 Å². The molecule has 0 bridgehead atoms. The van der Waals surface area contributed by atoms with E-state index in [1.807, 2.05) is 6.92 Å². The number of rotatable bonds is 7. The highest BCUT2D eigenvalue weighted by Crippen LogP contribution is 2.23. The third kappa shape index (κ3) is 4.78. The van der Waals surface area contributed by atoms with Crippen molar-refractivity contribution in [3.05, 3.63) is 23.6 Å². The maximum absolute atomic E-state index is 13.3. The van der Waals surface area contributed by atoms with Crippen molar-refractivity contribution in [3.63, 3.8) is 0 Å². The first kappa shape index (κ1) is 14.3. The number of nitrogens with one attached hydrogen (secondary N) is 1. The van der Waals surface area contributed by atoms with E-state index in [0.29, 0.717) is 24.4 Å². The highest BCUT2D eigenvalue weighted by molar-refractivity contribution is 5.26. The molecule has 1 aromatic heterocycles. The van der Waals surface area contributed by atoms with Crippen LogP contribution in [0.15, 0.2) is 12.3 Å². The van der Waals surface area contributed by atoms with Crippen LogP contribution in [0.1, 0.15) is 45.6 Å². The standard InChI is InChI=1S/C15H23FN2O/c1-10(2)6-11(3)19-15-12(7-13(16)9-18-15)8-17-14-4-5-14/h7,9-11,14,17H,4-6,8H2,1-3H3. The van der Waals surface area contributed by atoms with Crippen molar-refractivity contribution in [2.75, 3.05) is 0 Å². The third-order valence-corrected chi connectivity index (χ3v) is 3.17. The second kappa shape index (κ2) is 6.33. The molecule has 1 aliphatic rings. The summed E-state index contributed by atoms with van der Waals surface area (Å²) in [6.07, 6.45) is 4.70. The van der Waals surface area contributed by atoms with Crippen LogP contribution in [0.3, 0.4) is 0 Å². The number of ether oxygens (including phenoxy) is 1. The number of pyridine rings is 1. The van der Waals surface area contributed by atoms with Crippen molar-refractivity contribution < 1.29 is 9.13 Å². The Labute approximate surface area is 114 Å². The molecular weight excluding hydrogens is 243 g/mol. The number of halogens is 1. The molecule has 2 rings (SSSR count). The molecule has 0 spiro atoms. The van der Waals surface area contributed by atoms with Crippen molar-refractivity contribution in [1.82, 2.24) is 10.3 Å². The first-order chi connectivity index (χ1) is 9.04. The topological polar surface area (TPSA) is 34.1 Å². The molecule has 1 saturated carbocycles. The van der Waals surface area contributed by atoms with E-state index < -0.39 is 0 Å². The van der Waals surface area contributed by atoms with Crippen molar-refractivity contribution >= 4 is 0 Å². The average Bonchev–Trinajstić information content (AvgIpc) is 3.12. The molecule has 0 radical (unpaired) electrons. The smallest absolute Gasteiger partial charge is 0.218 e. The van der Waals surface area contributed by atoms with Gasteiger partial charge in [-0.2, -0.15) is 0 Å². The van der Waals surface area contributed by atoms with Gasteiger partial charge >= 0.3 is 0 Å². The van der Waals surface area contributed by atoms with Gasteiger partial charge in [0.25, 0.3) is 0 Å². The first-order valence-electron chi connectivity index (χ1n) is 7.09. The van der Waals surface area contributed by atoms with E-state index in [4.69, 9.17) is 4.74 Å². The van der Waals surface area contributed by atoms with Gasteiger partial charge in [-0.3, -0.25) is 0 Å². The number of hydrogen-bond acceptors (Lipinski definition) is 3. The molecule has 1 heterocycles. The van der Waals surface area contributed by atoms with Crippen molar-refractivity contribution in [2.45, 2.75) is 58.7 Å². The zero-order chi connectivity index (χ0) is 13.8. The van der Waals surface area contributed by atoms with Crippen LogP contribution in [0.2, 0.25) is 0 Å². The Balaban J connectivity index is 2.00. The Morgan fingerprint density at radius 3 is 2.79 bits per heavy atom. The summed E-state index contributed by atoms with van der Waals surface area (Å²) in [5, 5.41) is 3.37. The van der Waals surface area contributed by atoms with E-state index in [1.54, 1.807) is 0 Å². The molecule has 0 aliphatic heterocycles. The van der Waals surface area contributed by atoms with Crippen LogP contribution < -0.4 is 10.1 Å². The Morgan fingerprint density at radius 1 is 1.42 bits per heavy atom. The van der Waals surface area contributed by atoms with Gasteiger partial charge in [0.2, 0.25) is 5.88 Å². The van der Waals surface area contributed by atoms with Gasteiger partial charge in [0, 0.05) is 18.2 Å². The highest BCUT2D eigenvalue weighted by atomic mass is 19.1. The number of hydrogen-bond donors (Lipinski definition) is 1. The second-order valence-electron chi connectivity index (χ2n) is 5.83. The summed E-state index contributed by atoms with van der Waals surface area (Å²) >= 11 is 0. The lowest BCUT2D eigenvalue weighted by Gasteiger charge is -2.18. The second-order valence-corrected chi connectivity index (χ2v) is 5.83. The Hall–Kier alpha value is -1.16. The van der Waals surface area contributed by atoms with Crippen LogP contribution in [0.25, 0.3) is 0 Å². The Bertz CT molecular complexity index is 419. The largest absolute Gasteiger partial charge is 0.474 e. The predicted molar refractivity (Wildman–Crippen MR) is 73.6 cm³/mol. The minimum absolute atomic E-state index is 0.0950. The molecule has 3 nitrogen and oxygen atoms in total. The lowest BCUT2D eigenvalue weighted by Crippen LogP contribution is -2.20. The summed E-state index contributed by atoms with van der Waals surface area (Å²) in [6, 6.07) is 2.10. The summed E-state index contributed by atoms with van der Waals surface area (Å²) in [5.74, 6) is 0.822. The summed E-state index contributed by atoms with van der Waals surface area (Å²) in [4.78, 5) is 4.09. The highest BCUT2D eigenvalue weighted by Gasteiger charge is 2.21. The van der Waals surface area contributed by atoms with Gasteiger partial charge < -0.3 is 10.1 Å². The molecule has 1 aromatic rings. The summed E-state index contributed by atoms with van der Waals surface area (Å²) in [7, 11) is 0. The van der Waals surface area contributed by atoms with Gasteiger partial charge in [0.1, 0.15) is 5.82 Å². The molecule has 1 fully saturated rings. The van der Waals surface area contributed by atoms with Gasteiger partial charge in [-0.15, -0.1) is 0 Å². The van der Waals surface area contributed by atoms with E-state index in [9.17, 15) is 4.39 Å².